The van der Waals surface area contributed by atoms with E-state index >= 15 is 0 Å². The van der Waals surface area contributed by atoms with Gasteiger partial charge in [0.2, 0.25) is 0 Å². The second-order valence-corrected chi connectivity index (χ2v) is 4.79. The monoisotopic (exact) mass is 237 g/mol. The molecule has 1 atom stereocenters. The highest BCUT2D eigenvalue weighted by Gasteiger charge is 2.22. The molecule has 0 spiro atoms. The van der Waals surface area contributed by atoms with Gasteiger partial charge in [-0.05, 0) is 19.5 Å². The third-order valence-electron chi connectivity index (χ3n) is 3.67. The fraction of sp³-hybridized carbons (Fsp3) is 0.692. The van der Waals surface area contributed by atoms with Gasteiger partial charge in [0, 0.05) is 37.8 Å². The summed E-state index contributed by atoms with van der Waals surface area (Å²) in [7, 11) is 0. The van der Waals surface area contributed by atoms with E-state index in [2.05, 4.69) is 23.6 Å². The van der Waals surface area contributed by atoms with E-state index in [9.17, 15) is 0 Å². The lowest BCUT2D eigenvalue weighted by Crippen LogP contribution is -2.51. The summed E-state index contributed by atoms with van der Waals surface area (Å²) in [5.41, 5.74) is 6.89. The van der Waals surface area contributed by atoms with Crippen LogP contribution in [0.3, 0.4) is 0 Å². The molecule has 1 aliphatic rings. The fourth-order valence-electron chi connectivity index (χ4n) is 2.61. The molecule has 4 nitrogen and oxygen atoms in total. The van der Waals surface area contributed by atoms with Crippen LogP contribution >= 0.6 is 0 Å². The number of nitrogens with two attached hydrogens (primary N) is 1. The van der Waals surface area contributed by atoms with Crippen LogP contribution in [-0.4, -0.2) is 42.0 Å². The van der Waals surface area contributed by atoms with Crippen molar-refractivity contribution in [2.75, 3.05) is 26.2 Å². The molecule has 1 aliphatic heterocycles. The molecule has 96 valence electrons. The smallest absolute Gasteiger partial charge is 0.121 e. The van der Waals surface area contributed by atoms with Crippen molar-refractivity contribution in [2.45, 2.75) is 33.0 Å². The Balaban J connectivity index is 1.93. The first-order valence-corrected chi connectivity index (χ1v) is 6.46. The van der Waals surface area contributed by atoms with Gasteiger partial charge in [-0.1, -0.05) is 6.92 Å². The number of nitrogens with zero attached hydrogens (tertiary/aromatic N) is 2. The molecule has 2 N–H and O–H groups in total. The first-order valence-electron chi connectivity index (χ1n) is 6.46. The van der Waals surface area contributed by atoms with Crippen LogP contribution in [0, 0.1) is 0 Å². The lowest BCUT2D eigenvalue weighted by Gasteiger charge is -2.39. The Kier molecular flexibility index (Phi) is 4.20. The van der Waals surface area contributed by atoms with E-state index in [1.165, 1.54) is 5.56 Å². The third-order valence-corrected chi connectivity index (χ3v) is 3.67. The van der Waals surface area contributed by atoms with Crippen molar-refractivity contribution in [2.24, 2.45) is 5.73 Å². The second-order valence-electron chi connectivity index (χ2n) is 4.79. The van der Waals surface area contributed by atoms with Gasteiger partial charge in [-0.3, -0.25) is 9.80 Å². The van der Waals surface area contributed by atoms with Crippen LogP contribution in [-0.2, 0) is 13.1 Å². The number of piperazine rings is 1. The molecule has 0 aliphatic carbocycles. The Morgan fingerprint density at radius 2 is 2.29 bits per heavy atom. The summed E-state index contributed by atoms with van der Waals surface area (Å²) in [5, 5.41) is 0. The van der Waals surface area contributed by atoms with Crippen molar-refractivity contribution in [3.63, 3.8) is 0 Å². The molecule has 2 heterocycles. The van der Waals surface area contributed by atoms with E-state index < -0.39 is 0 Å². The fourth-order valence-corrected chi connectivity index (χ4v) is 2.61. The second kappa shape index (κ2) is 5.67. The number of likely N-dealkylation sites (N-methyl/N-ethyl adjacent to an activating group) is 1. The van der Waals surface area contributed by atoms with Gasteiger partial charge >= 0.3 is 0 Å². The summed E-state index contributed by atoms with van der Waals surface area (Å²) in [4.78, 5) is 5.01. The lowest BCUT2D eigenvalue weighted by molar-refractivity contribution is 0.0831. The molecular formula is C13H23N3O. The molecule has 0 aromatic carbocycles. The highest BCUT2D eigenvalue weighted by molar-refractivity contribution is 5.16. The molecule has 0 saturated carbocycles. The predicted octanol–water partition coefficient (Wildman–Crippen LogP) is 1.26. The van der Waals surface area contributed by atoms with Crippen molar-refractivity contribution in [1.82, 2.24) is 9.80 Å². The maximum absolute atomic E-state index is 5.65. The van der Waals surface area contributed by atoms with E-state index in [-0.39, 0.29) is 0 Å². The van der Waals surface area contributed by atoms with E-state index in [1.807, 2.05) is 6.07 Å². The average molecular weight is 237 g/mol. The zero-order valence-electron chi connectivity index (χ0n) is 10.9. The first kappa shape index (κ1) is 12.6. The number of rotatable bonds is 4. The Labute approximate surface area is 103 Å². The minimum atomic E-state index is 0.493. The Morgan fingerprint density at radius 1 is 1.47 bits per heavy atom. The first-order chi connectivity index (χ1) is 8.24. The minimum Gasteiger partial charge on any atom is -0.468 e. The molecule has 1 unspecified atom stereocenters. The van der Waals surface area contributed by atoms with Crippen LogP contribution in [0.1, 0.15) is 25.2 Å². The third kappa shape index (κ3) is 2.89. The van der Waals surface area contributed by atoms with Gasteiger partial charge < -0.3 is 10.2 Å². The molecule has 1 saturated heterocycles. The highest BCUT2D eigenvalue weighted by atomic mass is 16.3. The van der Waals surface area contributed by atoms with Gasteiger partial charge in [-0.25, -0.2) is 0 Å². The van der Waals surface area contributed by atoms with Crippen molar-refractivity contribution >= 4 is 0 Å². The van der Waals surface area contributed by atoms with Gasteiger partial charge in [0.1, 0.15) is 5.76 Å². The maximum Gasteiger partial charge on any atom is 0.121 e. The van der Waals surface area contributed by atoms with E-state index in [0.29, 0.717) is 12.6 Å². The lowest BCUT2D eigenvalue weighted by atomic mass is 10.1. The standard InChI is InChI=1S/C13H23N3O/c1-3-16-6-5-15(9-11(16)2)10-12-4-7-17-13(12)8-14/h4,7,11H,3,5-6,8-10,14H2,1-2H3. The number of hydrogen-bond acceptors (Lipinski definition) is 4. The molecule has 0 radical (unpaired) electrons. The van der Waals surface area contributed by atoms with E-state index in [0.717, 1.165) is 38.5 Å². The van der Waals surface area contributed by atoms with Crippen LogP contribution in [0.15, 0.2) is 16.7 Å². The van der Waals surface area contributed by atoms with Gasteiger partial charge in [-0.2, -0.15) is 0 Å². The van der Waals surface area contributed by atoms with E-state index in [4.69, 9.17) is 10.2 Å². The van der Waals surface area contributed by atoms with Crippen molar-refractivity contribution in [1.29, 1.82) is 0 Å². The summed E-state index contributed by atoms with van der Waals surface area (Å²) in [6.45, 7) is 10.6. The van der Waals surface area contributed by atoms with Gasteiger partial charge in [0.05, 0.1) is 12.8 Å². The van der Waals surface area contributed by atoms with Crippen LogP contribution in [0.25, 0.3) is 0 Å². The predicted molar refractivity (Wildman–Crippen MR) is 68.6 cm³/mol. The molecule has 1 fully saturated rings. The zero-order valence-corrected chi connectivity index (χ0v) is 10.9. The van der Waals surface area contributed by atoms with Crippen LogP contribution < -0.4 is 5.73 Å². The van der Waals surface area contributed by atoms with Crippen molar-refractivity contribution in [3.05, 3.63) is 23.7 Å². The van der Waals surface area contributed by atoms with Crippen molar-refractivity contribution in [3.8, 4) is 0 Å². The summed E-state index contributed by atoms with van der Waals surface area (Å²) < 4.78 is 5.36. The van der Waals surface area contributed by atoms with Crippen LogP contribution in [0.2, 0.25) is 0 Å². The van der Waals surface area contributed by atoms with Gasteiger partial charge in [0.15, 0.2) is 0 Å². The quantitative estimate of drug-likeness (QED) is 0.856. The molecule has 4 heteroatoms. The number of hydrogen-bond donors (Lipinski definition) is 1. The normalized spacial score (nSPS) is 23.1. The summed E-state index contributed by atoms with van der Waals surface area (Å²) in [6, 6.07) is 2.68. The van der Waals surface area contributed by atoms with Gasteiger partial charge in [0.25, 0.3) is 0 Å². The Hall–Kier alpha value is -0.840. The largest absolute Gasteiger partial charge is 0.468 e. The molecule has 0 amide bonds. The molecule has 0 bridgehead atoms. The zero-order chi connectivity index (χ0) is 12.3. The number of furan rings is 1. The average Bonchev–Trinajstić information content (AvgIpc) is 2.76. The summed E-state index contributed by atoms with van der Waals surface area (Å²) >= 11 is 0. The minimum absolute atomic E-state index is 0.493. The topological polar surface area (TPSA) is 45.6 Å². The molecule has 1 aromatic rings. The van der Waals surface area contributed by atoms with E-state index in [1.54, 1.807) is 6.26 Å². The highest BCUT2D eigenvalue weighted by Crippen LogP contribution is 2.16. The van der Waals surface area contributed by atoms with Crippen molar-refractivity contribution < 1.29 is 4.42 Å². The Morgan fingerprint density at radius 3 is 2.94 bits per heavy atom. The molecule has 1 aromatic heterocycles. The summed E-state index contributed by atoms with van der Waals surface area (Å²) in [5.74, 6) is 0.926. The summed E-state index contributed by atoms with van der Waals surface area (Å²) in [6.07, 6.45) is 1.74. The van der Waals surface area contributed by atoms with Gasteiger partial charge in [-0.15, -0.1) is 0 Å². The molecule has 17 heavy (non-hydrogen) atoms. The molecular weight excluding hydrogens is 214 g/mol. The maximum atomic E-state index is 5.65. The van der Waals surface area contributed by atoms with Crippen LogP contribution in [0.4, 0.5) is 0 Å². The SMILES string of the molecule is CCN1CCN(Cc2ccoc2CN)CC1C. The van der Waals surface area contributed by atoms with Crippen LogP contribution in [0.5, 0.6) is 0 Å². The Bertz CT molecular complexity index is 350. The molecule has 2 rings (SSSR count).